The summed E-state index contributed by atoms with van der Waals surface area (Å²) < 4.78 is 1.89. The molecule has 3 aromatic rings. The van der Waals surface area contributed by atoms with Crippen molar-refractivity contribution in [1.29, 1.82) is 0 Å². The second kappa shape index (κ2) is 4.21. The third kappa shape index (κ3) is 1.82. The van der Waals surface area contributed by atoms with Crippen LogP contribution in [0.25, 0.3) is 22.2 Å². The summed E-state index contributed by atoms with van der Waals surface area (Å²) in [5.74, 6) is 0.492. The fourth-order valence-corrected chi connectivity index (χ4v) is 2.85. The van der Waals surface area contributed by atoms with Gasteiger partial charge in [0.1, 0.15) is 0 Å². The lowest BCUT2D eigenvalue weighted by Crippen LogP contribution is -1.88. The Bertz CT molecular complexity index is 694. The molecule has 3 rings (SSSR count). The first-order valence-corrected chi connectivity index (χ1v) is 6.90. The van der Waals surface area contributed by atoms with Gasteiger partial charge in [0.05, 0.1) is 22.4 Å². The highest BCUT2D eigenvalue weighted by atomic mass is 32.1. The van der Waals surface area contributed by atoms with Gasteiger partial charge < -0.3 is 0 Å². The van der Waals surface area contributed by atoms with Crippen LogP contribution in [0.2, 0.25) is 0 Å². The molecule has 2 aromatic heterocycles. The second-order valence-electron chi connectivity index (χ2n) is 4.77. The smallest absolute Gasteiger partial charge is 0.0958 e. The van der Waals surface area contributed by atoms with E-state index in [0.717, 1.165) is 16.6 Å². The third-order valence-electron chi connectivity index (χ3n) is 3.06. The summed E-state index contributed by atoms with van der Waals surface area (Å²) in [4.78, 5) is 4.68. The lowest BCUT2D eigenvalue weighted by molar-refractivity contribution is 0.797. The zero-order valence-corrected chi connectivity index (χ0v) is 11.5. The molecular weight excluding hydrogens is 242 g/mol. The summed E-state index contributed by atoms with van der Waals surface area (Å²) in [6.45, 7) is 4.35. The van der Waals surface area contributed by atoms with Crippen LogP contribution in [0.15, 0.2) is 29.8 Å². The van der Waals surface area contributed by atoms with Crippen LogP contribution in [0, 0.1) is 0 Å². The molecule has 0 amide bonds. The van der Waals surface area contributed by atoms with Gasteiger partial charge in [-0.25, -0.2) is 4.98 Å². The Morgan fingerprint density at radius 3 is 2.83 bits per heavy atom. The molecule has 0 N–H and O–H groups in total. The van der Waals surface area contributed by atoms with Gasteiger partial charge in [-0.3, -0.25) is 4.68 Å². The molecule has 0 unspecified atom stereocenters. The van der Waals surface area contributed by atoms with Crippen LogP contribution in [0.3, 0.4) is 0 Å². The van der Waals surface area contributed by atoms with Crippen LogP contribution >= 0.6 is 11.3 Å². The molecule has 0 saturated heterocycles. The fourth-order valence-electron chi connectivity index (χ4n) is 2.01. The van der Waals surface area contributed by atoms with Crippen molar-refractivity contribution in [2.24, 2.45) is 7.05 Å². The van der Waals surface area contributed by atoms with E-state index < -0.39 is 0 Å². The molecule has 0 saturated carbocycles. The Hall–Kier alpha value is -1.68. The monoisotopic (exact) mass is 257 g/mol. The summed E-state index contributed by atoms with van der Waals surface area (Å²) in [6.07, 6.45) is 1.90. The van der Waals surface area contributed by atoms with E-state index in [1.165, 1.54) is 10.6 Å². The Morgan fingerprint density at radius 1 is 1.28 bits per heavy atom. The van der Waals surface area contributed by atoms with Gasteiger partial charge >= 0.3 is 0 Å². The van der Waals surface area contributed by atoms with Gasteiger partial charge in [0.2, 0.25) is 0 Å². The molecule has 0 radical (unpaired) electrons. The maximum absolute atomic E-state index is 4.68. The molecule has 4 heteroatoms. The fraction of sp³-hybridized carbons (Fsp3) is 0.286. The first kappa shape index (κ1) is 11.4. The molecule has 0 aliphatic carbocycles. The number of nitrogens with zero attached hydrogens (tertiary/aromatic N) is 3. The average Bonchev–Trinajstić information content (AvgIpc) is 2.96. The molecule has 0 atom stereocenters. The van der Waals surface area contributed by atoms with E-state index in [4.69, 9.17) is 0 Å². The number of aromatic nitrogens is 3. The highest BCUT2D eigenvalue weighted by molar-refractivity contribution is 7.10. The summed E-state index contributed by atoms with van der Waals surface area (Å²) in [7, 11) is 1.96. The molecule has 0 bridgehead atoms. The van der Waals surface area contributed by atoms with Crippen molar-refractivity contribution in [3.05, 3.63) is 34.8 Å². The molecule has 3 nitrogen and oxygen atoms in total. The summed E-state index contributed by atoms with van der Waals surface area (Å²) in [5, 5.41) is 8.75. The van der Waals surface area contributed by atoms with E-state index in [1.54, 1.807) is 11.3 Å². The van der Waals surface area contributed by atoms with E-state index in [0.29, 0.717) is 5.92 Å². The minimum atomic E-state index is 0.492. The van der Waals surface area contributed by atoms with Crippen molar-refractivity contribution in [3.63, 3.8) is 0 Å². The van der Waals surface area contributed by atoms with Crippen molar-refractivity contribution < 1.29 is 0 Å². The first-order chi connectivity index (χ1) is 8.65. The van der Waals surface area contributed by atoms with Crippen molar-refractivity contribution in [3.8, 4) is 11.3 Å². The van der Waals surface area contributed by atoms with Crippen LogP contribution in [-0.4, -0.2) is 14.8 Å². The Morgan fingerprint density at radius 2 is 2.11 bits per heavy atom. The largest absolute Gasteiger partial charge is 0.268 e. The quantitative estimate of drug-likeness (QED) is 0.698. The summed E-state index contributed by atoms with van der Waals surface area (Å²) >= 11 is 1.73. The predicted molar refractivity (Wildman–Crippen MR) is 75.9 cm³/mol. The Kier molecular flexibility index (Phi) is 2.67. The van der Waals surface area contributed by atoms with Gasteiger partial charge in [0, 0.05) is 29.3 Å². The molecule has 2 heterocycles. The molecule has 0 aliphatic heterocycles. The zero-order valence-electron chi connectivity index (χ0n) is 10.7. The van der Waals surface area contributed by atoms with Gasteiger partial charge in [0.15, 0.2) is 0 Å². The zero-order chi connectivity index (χ0) is 12.7. The number of hydrogen-bond acceptors (Lipinski definition) is 3. The highest BCUT2D eigenvalue weighted by Gasteiger charge is 2.08. The Labute approximate surface area is 110 Å². The van der Waals surface area contributed by atoms with E-state index in [1.807, 2.05) is 17.9 Å². The average molecular weight is 257 g/mol. The van der Waals surface area contributed by atoms with Gasteiger partial charge in [-0.1, -0.05) is 19.9 Å². The molecule has 18 heavy (non-hydrogen) atoms. The van der Waals surface area contributed by atoms with Gasteiger partial charge in [-0.05, 0) is 12.1 Å². The number of rotatable bonds is 2. The van der Waals surface area contributed by atoms with Crippen LogP contribution < -0.4 is 0 Å². The lowest BCUT2D eigenvalue weighted by Gasteiger charge is -1.99. The van der Waals surface area contributed by atoms with Crippen LogP contribution in [0.5, 0.6) is 0 Å². The molecule has 0 spiro atoms. The van der Waals surface area contributed by atoms with Gasteiger partial charge in [0.25, 0.3) is 0 Å². The SMILES string of the molecule is CC(C)c1nc(-c2ccc3c(cnn3C)c2)cs1. The molecule has 1 aromatic carbocycles. The van der Waals surface area contributed by atoms with Gasteiger partial charge in [-0.15, -0.1) is 11.3 Å². The predicted octanol–water partition coefficient (Wildman–Crippen LogP) is 3.82. The third-order valence-corrected chi connectivity index (χ3v) is 4.20. The van der Waals surface area contributed by atoms with Crippen molar-refractivity contribution in [2.45, 2.75) is 19.8 Å². The summed E-state index contributed by atoms with van der Waals surface area (Å²) in [6, 6.07) is 6.37. The number of fused-ring (bicyclic) bond motifs is 1. The normalized spacial score (nSPS) is 11.6. The number of aryl methyl sites for hydroxylation is 1. The van der Waals surface area contributed by atoms with Crippen LogP contribution in [-0.2, 0) is 7.05 Å². The first-order valence-electron chi connectivity index (χ1n) is 6.02. The highest BCUT2D eigenvalue weighted by Crippen LogP contribution is 2.28. The van der Waals surface area contributed by atoms with E-state index in [2.05, 4.69) is 47.5 Å². The van der Waals surface area contributed by atoms with Gasteiger partial charge in [-0.2, -0.15) is 5.10 Å². The molecular formula is C14H15N3S. The van der Waals surface area contributed by atoms with Crippen LogP contribution in [0.1, 0.15) is 24.8 Å². The molecule has 92 valence electrons. The minimum Gasteiger partial charge on any atom is -0.268 e. The van der Waals surface area contributed by atoms with E-state index in [9.17, 15) is 0 Å². The van der Waals surface area contributed by atoms with Crippen LogP contribution in [0.4, 0.5) is 0 Å². The number of thiazole rings is 1. The van der Waals surface area contributed by atoms with E-state index in [-0.39, 0.29) is 0 Å². The van der Waals surface area contributed by atoms with Crippen molar-refractivity contribution in [2.75, 3.05) is 0 Å². The minimum absolute atomic E-state index is 0.492. The topological polar surface area (TPSA) is 30.7 Å². The lowest BCUT2D eigenvalue weighted by atomic mass is 10.1. The standard InChI is InChI=1S/C14H15N3S/c1-9(2)14-16-12(8-18-14)10-4-5-13-11(6-10)7-15-17(13)3/h4-9H,1-3H3. The Balaban J connectivity index is 2.07. The number of hydrogen-bond donors (Lipinski definition) is 0. The molecule has 0 fully saturated rings. The maximum atomic E-state index is 4.68. The van der Waals surface area contributed by atoms with E-state index >= 15 is 0 Å². The van der Waals surface area contributed by atoms with Crippen molar-refractivity contribution in [1.82, 2.24) is 14.8 Å². The van der Waals surface area contributed by atoms with Crippen molar-refractivity contribution >= 4 is 22.2 Å². The second-order valence-corrected chi connectivity index (χ2v) is 5.66. The maximum Gasteiger partial charge on any atom is 0.0958 e. The molecule has 0 aliphatic rings. The number of benzene rings is 1. The summed E-state index contributed by atoms with van der Waals surface area (Å²) in [5.41, 5.74) is 3.38.